The maximum Gasteiger partial charge on any atom is 0.0246 e. The summed E-state index contributed by atoms with van der Waals surface area (Å²) in [6.45, 7) is 11.8. The number of likely N-dealkylation sites (tertiary alicyclic amines) is 1. The van der Waals surface area contributed by atoms with Crippen molar-refractivity contribution >= 4 is 0 Å². The molecule has 0 aromatic rings. The van der Waals surface area contributed by atoms with Gasteiger partial charge in [-0.25, -0.2) is 0 Å². The van der Waals surface area contributed by atoms with E-state index in [1.54, 1.807) is 0 Å². The van der Waals surface area contributed by atoms with Crippen molar-refractivity contribution in [3.63, 3.8) is 0 Å². The molecule has 1 saturated carbocycles. The molecule has 4 atom stereocenters. The Morgan fingerprint density at radius 3 is 2.56 bits per heavy atom. The highest BCUT2D eigenvalue weighted by Crippen LogP contribution is 2.42. The van der Waals surface area contributed by atoms with Gasteiger partial charge in [0.15, 0.2) is 0 Å². The van der Waals surface area contributed by atoms with Gasteiger partial charge in [0.05, 0.1) is 0 Å². The van der Waals surface area contributed by atoms with Crippen LogP contribution in [0.25, 0.3) is 0 Å². The zero-order chi connectivity index (χ0) is 13.3. The highest BCUT2D eigenvalue weighted by atomic mass is 15.2. The van der Waals surface area contributed by atoms with Gasteiger partial charge in [0.2, 0.25) is 0 Å². The topological polar surface area (TPSA) is 29.3 Å². The van der Waals surface area contributed by atoms with Gasteiger partial charge in [0.1, 0.15) is 0 Å². The fourth-order valence-corrected chi connectivity index (χ4v) is 4.65. The molecular formula is C16H32N2. The summed E-state index contributed by atoms with van der Waals surface area (Å²) in [6.07, 6.45) is 6.86. The molecule has 2 aliphatic rings. The van der Waals surface area contributed by atoms with Gasteiger partial charge in [-0.3, -0.25) is 4.90 Å². The number of hydrogen-bond acceptors (Lipinski definition) is 2. The van der Waals surface area contributed by atoms with E-state index in [2.05, 4.69) is 32.6 Å². The van der Waals surface area contributed by atoms with Gasteiger partial charge in [0.25, 0.3) is 0 Å². The molecule has 2 N–H and O–H groups in total. The smallest absolute Gasteiger partial charge is 0.0246 e. The molecular weight excluding hydrogens is 220 g/mol. The quantitative estimate of drug-likeness (QED) is 0.817. The van der Waals surface area contributed by atoms with Gasteiger partial charge in [-0.2, -0.15) is 0 Å². The lowest BCUT2D eigenvalue weighted by Crippen LogP contribution is -2.55. The maximum atomic E-state index is 6.05. The van der Waals surface area contributed by atoms with Crippen LogP contribution in [0.2, 0.25) is 0 Å². The first kappa shape index (κ1) is 14.3. The third kappa shape index (κ3) is 3.08. The van der Waals surface area contributed by atoms with Crippen molar-refractivity contribution in [2.24, 2.45) is 23.0 Å². The Bertz CT molecular complexity index is 274. The van der Waals surface area contributed by atoms with E-state index in [0.29, 0.717) is 11.5 Å². The van der Waals surface area contributed by atoms with E-state index in [0.717, 1.165) is 24.4 Å². The van der Waals surface area contributed by atoms with Crippen molar-refractivity contribution in [1.29, 1.82) is 0 Å². The molecule has 106 valence electrons. The molecule has 1 aliphatic carbocycles. The molecule has 0 spiro atoms. The van der Waals surface area contributed by atoms with Crippen LogP contribution in [-0.4, -0.2) is 30.1 Å². The molecule has 0 aromatic heterocycles. The van der Waals surface area contributed by atoms with Crippen LogP contribution in [0.15, 0.2) is 0 Å². The molecule has 2 heteroatoms. The minimum atomic E-state index is 0.516. The van der Waals surface area contributed by atoms with Gasteiger partial charge < -0.3 is 5.73 Å². The lowest BCUT2D eigenvalue weighted by molar-refractivity contribution is 0.00431. The predicted molar refractivity (Wildman–Crippen MR) is 78.5 cm³/mol. The van der Waals surface area contributed by atoms with Crippen LogP contribution in [0, 0.1) is 17.3 Å². The molecule has 1 saturated heterocycles. The number of piperidine rings is 1. The average Bonchev–Trinajstić information content (AvgIpc) is 2.25. The first-order valence-corrected chi connectivity index (χ1v) is 7.89. The standard InChI is InChI=1S/C16H32N2/c1-12-8-14(10-16(3,4)9-12)18-7-5-6-13(2)15(18)11-17/h12-15H,5-11,17H2,1-4H3. The normalized spacial score (nSPS) is 41.8. The van der Waals surface area contributed by atoms with Gasteiger partial charge in [-0.1, -0.05) is 27.7 Å². The van der Waals surface area contributed by atoms with Crippen LogP contribution in [-0.2, 0) is 0 Å². The zero-order valence-electron chi connectivity index (χ0n) is 12.8. The fraction of sp³-hybridized carbons (Fsp3) is 1.00. The van der Waals surface area contributed by atoms with Crippen molar-refractivity contribution < 1.29 is 0 Å². The average molecular weight is 252 g/mol. The van der Waals surface area contributed by atoms with Gasteiger partial charge in [-0.05, 0) is 55.9 Å². The molecule has 2 fully saturated rings. The molecule has 18 heavy (non-hydrogen) atoms. The van der Waals surface area contributed by atoms with Crippen molar-refractivity contribution in [3.05, 3.63) is 0 Å². The minimum absolute atomic E-state index is 0.516. The molecule has 1 aliphatic heterocycles. The van der Waals surface area contributed by atoms with Crippen molar-refractivity contribution in [2.45, 2.75) is 71.9 Å². The van der Waals surface area contributed by atoms with Crippen molar-refractivity contribution in [2.75, 3.05) is 13.1 Å². The molecule has 2 nitrogen and oxygen atoms in total. The first-order chi connectivity index (χ1) is 8.43. The number of nitrogens with two attached hydrogens (primary N) is 1. The predicted octanol–water partition coefficient (Wildman–Crippen LogP) is 3.26. The van der Waals surface area contributed by atoms with E-state index in [9.17, 15) is 0 Å². The van der Waals surface area contributed by atoms with E-state index < -0.39 is 0 Å². The summed E-state index contributed by atoms with van der Waals surface area (Å²) in [5.74, 6) is 1.65. The highest BCUT2D eigenvalue weighted by Gasteiger charge is 2.39. The second-order valence-corrected chi connectivity index (χ2v) is 7.73. The van der Waals surface area contributed by atoms with Crippen molar-refractivity contribution in [3.8, 4) is 0 Å². The fourth-order valence-electron chi connectivity index (χ4n) is 4.65. The molecule has 0 radical (unpaired) electrons. The summed E-state index contributed by atoms with van der Waals surface area (Å²) in [5.41, 5.74) is 6.57. The van der Waals surface area contributed by atoms with E-state index in [-0.39, 0.29) is 0 Å². The number of rotatable bonds is 2. The molecule has 0 bridgehead atoms. The first-order valence-electron chi connectivity index (χ1n) is 7.89. The Labute approximate surface area is 113 Å². The molecule has 0 amide bonds. The van der Waals surface area contributed by atoms with Crippen molar-refractivity contribution in [1.82, 2.24) is 4.90 Å². The van der Waals surface area contributed by atoms with E-state index in [1.165, 1.54) is 38.6 Å². The Morgan fingerprint density at radius 2 is 1.94 bits per heavy atom. The Morgan fingerprint density at radius 1 is 1.22 bits per heavy atom. The highest BCUT2D eigenvalue weighted by molar-refractivity contribution is 4.93. The lowest BCUT2D eigenvalue weighted by Gasteiger charge is -2.49. The van der Waals surface area contributed by atoms with Crippen LogP contribution in [0.4, 0.5) is 0 Å². The van der Waals surface area contributed by atoms with Crippen LogP contribution in [0.1, 0.15) is 59.8 Å². The van der Waals surface area contributed by atoms with E-state index >= 15 is 0 Å². The Kier molecular flexibility index (Phi) is 4.38. The second kappa shape index (κ2) is 5.50. The molecule has 1 heterocycles. The largest absolute Gasteiger partial charge is 0.329 e. The monoisotopic (exact) mass is 252 g/mol. The van der Waals surface area contributed by atoms with Crippen LogP contribution < -0.4 is 5.73 Å². The minimum Gasteiger partial charge on any atom is -0.329 e. The summed E-state index contributed by atoms with van der Waals surface area (Å²) >= 11 is 0. The Balaban J connectivity index is 2.08. The SMILES string of the molecule is CC1CC(N2CCCC(C)C2CN)CC(C)(C)C1. The third-order valence-corrected chi connectivity index (χ3v) is 5.23. The van der Waals surface area contributed by atoms with Gasteiger partial charge in [-0.15, -0.1) is 0 Å². The maximum absolute atomic E-state index is 6.05. The van der Waals surface area contributed by atoms with E-state index in [4.69, 9.17) is 5.73 Å². The number of nitrogens with zero attached hydrogens (tertiary/aromatic N) is 1. The summed E-state index contributed by atoms with van der Waals surface area (Å²) in [4.78, 5) is 2.77. The molecule has 0 aromatic carbocycles. The summed E-state index contributed by atoms with van der Waals surface area (Å²) in [7, 11) is 0. The van der Waals surface area contributed by atoms with Crippen LogP contribution in [0.5, 0.6) is 0 Å². The lowest BCUT2D eigenvalue weighted by atomic mass is 9.69. The summed E-state index contributed by atoms with van der Waals surface area (Å²) in [5, 5.41) is 0. The van der Waals surface area contributed by atoms with Gasteiger partial charge >= 0.3 is 0 Å². The Hall–Kier alpha value is -0.0800. The summed E-state index contributed by atoms with van der Waals surface area (Å²) in [6, 6.07) is 1.41. The third-order valence-electron chi connectivity index (χ3n) is 5.23. The molecule has 4 unspecified atom stereocenters. The number of hydrogen-bond donors (Lipinski definition) is 1. The summed E-state index contributed by atoms with van der Waals surface area (Å²) < 4.78 is 0. The van der Waals surface area contributed by atoms with E-state index in [1.807, 2.05) is 0 Å². The second-order valence-electron chi connectivity index (χ2n) is 7.73. The van der Waals surface area contributed by atoms with Gasteiger partial charge in [0, 0.05) is 18.6 Å². The van der Waals surface area contributed by atoms with Crippen LogP contribution >= 0.6 is 0 Å². The van der Waals surface area contributed by atoms with Crippen LogP contribution in [0.3, 0.4) is 0 Å². The zero-order valence-corrected chi connectivity index (χ0v) is 12.8. The molecule has 2 rings (SSSR count).